The predicted octanol–water partition coefficient (Wildman–Crippen LogP) is 3.62. The third-order valence-electron chi connectivity index (χ3n) is 11.0. The second kappa shape index (κ2) is 24.6. The summed E-state index contributed by atoms with van der Waals surface area (Å²) in [6.45, 7) is -0.0163. The standard InChI is InChI=1S/C49H55N9O7.ClH/c1-65-42-30-36(29-35-21-11-12-22-37(35)42)54-47(63)41-24-14-26-58(41)48(64)40(28-33-17-7-3-8-18-33)57-46(62)39(27-32-15-5-2-6-16-32)55-43(59)31-53-45(61)38(23-13-25-52-49(50)51)56-44(60)34-19-9-4-10-20-34;/h2-12,15-22,29-30,38-41H,13-14,23-28,31H2,1H3,(H,53,61)(H,54,63)(H,55,59)(H,56,60)(H,57,62)(H4,50,51,52);1H/t38-,39-,40-,41-;/m0./s1. The number of amides is 6. The normalized spacial score (nSPS) is 14.3. The van der Waals surface area contributed by atoms with E-state index in [0.717, 1.165) is 21.9 Å². The molecular formula is C49H56ClN9O7. The van der Waals surface area contributed by atoms with Gasteiger partial charge < -0.3 is 47.7 Å². The summed E-state index contributed by atoms with van der Waals surface area (Å²) in [6.07, 6.45) is 1.67. The van der Waals surface area contributed by atoms with Gasteiger partial charge in [-0.3, -0.25) is 33.8 Å². The van der Waals surface area contributed by atoms with Crippen LogP contribution >= 0.6 is 12.4 Å². The van der Waals surface area contributed by atoms with Crippen molar-refractivity contribution in [3.8, 4) is 5.75 Å². The first kappa shape index (κ1) is 49.6. The van der Waals surface area contributed by atoms with Gasteiger partial charge in [0, 0.05) is 48.6 Å². The molecule has 0 saturated carbocycles. The van der Waals surface area contributed by atoms with Crippen LogP contribution < -0.4 is 42.8 Å². The van der Waals surface area contributed by atoms with Crippen LogP contribution in [0.2, 0.25) is 0 Å². The maximum atomic E-state index is 14.6. The van der Waals surface area contributed by atoms with Crippen molar-refractivity contribution in [2.75, 3.05) is 32.1 Å². The maximum absolute atomic E-state index is 14.6. The molecule has 16 nitrogen and oxygen atoms in total. The van der Waals surface area contributed by atoms with Crippen LogP contribution in [0.15, 0.2) is 132 Å². The number of hydrogen-bond acceptors (Lipinski definition) is 8. The minimum absolute atomic E-state index is 0. The molecule has 5 aromatic rings. The number of nitrogens with one attached hydrogen (secondary N) is 5. The Kier molecular flexibility index (Phi) is 18.4. The van der Waals surface area contributed by atoms with Gasteiger partial charge in [-0.2, -0.15) is 0 Å². The summed E-state index contributed by atoms with van der Waals surface area (Å²) in [5, 5.41) is 15.7. The Hall–Kier alpha value is -7.46. The molecule has 5 aromatic carbocycles. The fourth-order valence-corrected chi connectivity index (χ4v) is 7.77. The van der Waals surface area contributed by atoms with Gasteiger partial charge in [0.2, 0.25) is 29.5 Å². The minimum atomic E-state index is -1.18. The Morgan fingerprint density at radius 1 is 0.742 bits per heavy atom. The van der Waals surface area contributed by atoms with Crippen molar-refractivity contribution >= 4 is 70.3 Å². The van der Waals surface area contributed by atoms with Gasteiger partial charge >= 0.3 is 0 Å². The highest BCUT2D eigenvalue weighted by atomic mass is 35.5. The van der Waals surface area contributed by atoms with Crippen LogP contribution in [0.3, 0.4) is 0 Å². The summed E-state index contributed by atoms with van der Waals surface area (Å²) < 4.78 is 5.60. The van der Waals surface area contributed by atoms with Crippen LogP contribution in [0.4, 0.5) is 5.69 Å². The van der Waals surface area contributed by atoms with Crippen LogP contribution in [0.25, 0.3) is 10.8 Å². The van der Waals surface area contributed by atoms with Gasteiger partial charge in [0.25, 0.3) is 5.91 Å². The number of methoxy groups -OCH3 is 1. The molecule has 9 N–H and O–H groups in total. The van der Waals surface area contributed by atoms with E-state index in [2.05, 4.69) is 31.6 Å². The highest BCUT2D eigenvalue weighted by Gasteiger charge is 2.39. The SMILES string of the molecule is COc1cc(NC(=O)[C@@H]2CCCN2C(=O)[C@H](Cc2ccccc2)NC(=O)[C@H](Cc2ccccc2)NC(=O)CNC(=O)[C@H](CCCN=C(N)N)NC(=O)c2ccccc2)cc2ccccc12.Cl. The smallest absolute Gasteiger partial charge is 0.251 e. The molecule has 0 aromatic heterocycles. The number of hydrogen-bond donors (Lipinski definition) is 7. The zero-order valence-corrected chi connectivity index (χ0v) is 37.4. The van der Waals surface area contributed by atoms with E-state index in [-0.39, 0.29) is 50.1 Å². The number of anilines is 1. The Balaban J connectivity index is 0.00000817. The third kappa shape index (κ3) is 14.0. The molecule has 4 atom stereocenters. The van der Waals surface area contributed by atoms with Crippen molar-refractivity contribution in [1.82, 2.24) is 26.2 Å². The van der Waals surface area contributed by atoms with Gasteiger partial charge in [-0.15, -0.1) is 12.4 Å². The quantitative estimate of drug-likeness (QED) is 0.0342. The van der Waals surface area contributed by atoms with Gasteiger partial charge in [-0.05, 0) is 60.4 Å². The van der Waals surface area contributed by atoms with Gasteiger partial charge in [-0.25, -0.2) is 0 Å². The molecule has 1 aliphatic rings. The molecule has 1 saturated heterocycles. The number of likely N-dealkylation sites (tertiary alicyclic amines) is 1. The first-order chi connectivity index (χ1) is 31.5. The fourth-order valence-electron chi connectivity index (χ4n) is 7.77. The summed E-state index contributed by atoms with van der Waals surface area (Å²) in [5.74, 6) is -2.77. The van der Waals surface area contributed by atoms with Crippen LogP contribution in [-0.4, -0.2) is 97.2 Å². The number of benzene rings is 5. The molecule has 0 aliphatic carbocycles. The first-order valence-corrected chi connectivity index (χ1v) is 21.5. The monoisotopic (exact) mass is 917 g/mol. The second-order valence-corrected chi connectivity index (χ2v) is 15.7. The number of rotatable bonds is 20. The van der Waals surface area contributed by atoms with E-state index in [1.807, 2.05) is 78.9 Å². The molecule has 1 heterocycles. The van der Waals surface area contributed by atoms with Gasteiger partial charge in [0.1, 0.15) is 29.9 Å². The number of aliphatic imine (C=N–C) groups is 1. The van der Waals surface area contributed by atoms with Crippen molar-refractivity contribution in [1.29, 1.82) is 0 Å². The lowest BCUT2D eigenvalue weighted by atomic mass is 10.0. The van der Waals surface area contributed by atoms with E-state index in [1.54, 1.807) is 55.6 Å². The van der Waals surface area contributed by atoms with E-state index in [9.17, 15) is 28.8 Å². The average molecular weight is 918 g/mol. The lowest BCUT2D eigenvalue weighted by Crippen LogP contribution is -2.58. The average Bonchev–Trinajstić information content (AvgIpc) is 3.82. The summed E-state index contributed by atoms with van der Waals surface area (Å²) in [6, 6.07) is 33.7. The van der Waals surface area contributed by atoms with Gasteiger partial charge in [-0.1, -0.05) is 103 Å². The Morgan fingerprint density at radius 3 is 2.02 bits per heavy atom. The highest BCUT2D eigenvalue weighted by Crippen LogP contribution is 2.30. The number of carbonyl (C=O) groups excluding carboxylic acids is 6. The first-order valence-electron chi connectivity index (χ1n) is 21.5. The van der Waals surface area contributed by atoms with Crippen LogP contribution in [0.1, 0.15) is 47.2 Å². The molecule has 0 bridgehead atoms. The molecule has 0 unspecified atom stereocenters. The number of halogens is 1. The number of nitrogens with zero attached hydrogens (tertiary/aromatic N) is 2. The molecule has 0 spiro atoms. The number of guanidine groups is 1. The molecule has 0 radical (unpaired) electrons. The highest BCUT2D eigenvalue weighted by molar-refractivity contribution is 6.02. The Bertz CT molecular complexity index is 2470. The maximum Gasteiger partial charge on any atom is 0.251 e. The summed E-state index contributed by atoms with van der Waals surface area (Å²) >= 11 is 0. The second-order valence-electron chi connectivity index (χ2n) is 15.7. The molecule has 17 heteroatoms. The largest absolute Gasteiger partial charge is 0.496 e. The predicted molar refractivity (Wildman–Crippen MR) is 256 cm³/mol. The molecule has 66 heavy (non-hydrogen) atoms. The number of nitrogens with two attached hydrogens (primary N) is 2. The van der Waals surface area contributed by atoms with Crippen molar-refractivity contribution in [2.45, 2.75) is 62.7 Å². The van der Waals surface area contributed by atoms with Crippen molar-refractivity contribution in [3.63, 3.8) is 0 Å². The van der Waals surface area contributed by atoms with Gasteiger partial charge in [0.15, 0.2) is 5.96 Å². The molecule has 1 fully saturated rings. The van der Waals surface area contributed by atoms with Crippen molar-refractivity contribution in [2.24, 2.45) is 16.5 Å². The van der Waals surface area contributed by atoms with Crippen LogP contribution in [0, 0.1) is 0 Å². The number of ether oxygens (including phenoxy) is 1. The molecule has 6 amide bonds. The van der Waals surface area contributed by atoms with Crippen molar-refractivity contribution < 1.29 is 33.5 Å². The lowest BCUT2D eigenvalue weighted by molar-refractivity contribution is -0.140. The summed E-state index contributed by atoms with van der Waals surface area (Å²) in [5.41, 5.74) is 13.3. The molecule has 1 aliphatic heterocycles. The molecular weight excluding hydrogens is 862 g/mol. The number of fused-ring (bicyclic) bond motifs is 1. The van der Waals surface area contributed by atoms with Crippen LogP contribution in [0.5, 0.6) is 5.75 Å². The van der Waals surface area contributed by atoms with Crippen molar-refractivity contribution in [3.05, 3.63) is 144 Å². The zero-order chi connectivity index (χ0) is 46.1. The molecule has 6 rings (SSSR count). The van der Waals surface area contributed by atoms with Gasteiger partial charge in [0.05, 0.1) is 13.7 Å². The third-order valence-corrected chi connectivity index (χ3v) is 11.0. The van der Waals surface area contributed by atoms with Crippen LogP contribution in [-0.2, 0) is 36.8 Å². The zero-order valence-electron chi connectivity index (χ0n) is 36.6. The van der Waals surface area contributed by atoms with E-state index in [4.69, 9.17) is 16.2 Å². The fraction of sp³-hybridized carbons (Fsp3) is 0.286. The Labute approximate surface area is 389 Å². The van der Waals surface area contributed by atoms with E-state index < -0.39 is 60.2 Å². The Morgan fingerprint density at radius 2 is 1.36 bits per heavy atom. The molecule has 346 valence electrons. The van der Waals surface area contributed by atoms with E-state index >= 15 is 0 Å². The summed E-state index contributed by atoms with van der Waals surface area (Å²) in [7, 11) is 1.56. The van der Waals surface area contributed by atoms with E-state index in [0.29, 0.717) is 42.8 Å². The lowest BCUT2D eigenvalue weighted by Gasteiger charge is -2.30. The summed E-state index contributed by atoms with van der Waals surface area (Å²) in [4.78, 5) is 88.4. The number of carbonyl (C=O) groups is 6. The minimum Gasteiger partial charge on any atom is -0.496 e. The van der Waals surface area contributed by atoms with E-state index in [1.165, 1.54) is 4.90 Å². The topological polar surface area (TPSA) is 239 Å².